The predicted molar refractivity (Wildman–Crippen MR) is 96.0 cm³/mol. The number of nitrogens with one attached hydrogen (secondary N) is 1. The van der Waals surface area contributed by atoms with Gasteiger partial charge in [0.15, 0.2) is 0 Å². The van der Waals surface area contributed by atoms with Crippen LogP contribution in [0.25, 0.3) is 0 Å². The molecule has 1 atom stereocenters. The molecule has 1 aromatic rings. The second-order valence-electron chi connectivity index (χ2n) is 6.45. The van der Waals surface area contributed by atoms with E-state index >= 15 is 0 Å². The van der Waals surface area contributed by atoms with Gasteiger partial charge in [-0.3, -0.25) is 19.4 Å². The number of carboxylic acids is 1. The van der Waals surface area contributed by atoms with E-state index in [0.717, 1.165) is 38.0 Å². The van der Waals surface area contributed by atoms with Crippen LogP contribution in [0.4, 0.5) is 5.69 Å². The number of carbonyl (C=O) groups excluding carboxylic acids is 1. The second-order valence-corrected chi connectivity index (χ2v) is 6.45. The Labute approximate surface area is 148 Å². The van der Waals surface area contributed by atoms with Crippen molar-refractivity contribution in [1.82, 2.24) is 9.80 Å². The van der Waals surface area contributed by atoms with Crippen molar-refractivity contribution in [2.45, 2.75) is 25.3 Å². The molecule has 1 heterocycles. The number of aliphatic carboxylic acids is 1. The summed E-state index contributed by atoms with van der Waals surface area (Å²) < 4.78 is 5.16. The minimum atomic E-state index is -0.804. The number of methoxy groups -OCH3 is 1. The van der Waals surface area contributed by atoms with E-state index in [1.807, 2.05) is 30.1 Å². The molecule has 0 aromatic heterocycles. The first-order chi connectivity index (χ1) is 12.0. The molecule has 25 heavy (non-hydrogen) atoms. The van der Waals surface area contributed by atoms with Crippen LogP contribution < -0.4 is 10.1 Å². The molecule has 2 N–H and O–H groups in total. The molecule has 1 amide bonds. The zero-order valence-electron chi connectivity index (χ0n) is 14.9. The fourth-order valence-corrected chi connectivity index (χ4v) is 3.18. The number of ether oxygens (including phenoxy) is 1. The number of anilines is 1. The largest absolute Gasteiger partial charge is 0.497 e. The summed E-state index contributed by atoms with van der Waals surface area (Å²) in [6, 6.07) is 7.54. The summed E-state index contributed by atoms with van der Waals surface area (Å²) in [6.45, 7) is 2.04. The third-order valence-corrected chi connectivity index (χ3v) is 4.52. The van der Waals surface area contributed by atoms with Crippen molar-refractivity contribution in [2.75, 3.05) is 45.7 Å². The molecule has 0 saturated carbocycles. The van der Waals surface area contributed by atoms with Gasteiger partial charge in [-0.05, 0) is 45.0 Å². The highest BCUT2D eigenvalue weighted by Crippen LogP contribution is 2.18. The molecule has 0 radical (unpaired) electrons. The van der Waals surface area contributed by atoms with Crippen molar-refractivity contribution in [3.63, 3.8) is 0 Å². The number of likely N-dealkylation sites (N-methyl/N-ethyl adjacent to an activating group) is 1. The average Bonchev–Trinajstić information content (AvgIpc) is 2.80. The van der Waals surface area contributed by atoms with E-state index in [-0.39, 0.29) is 18.5 Å². The van der Waals surface area contributed by atoms with E-state index in [4.69, 9.17) is 9.84 Å². The third-order valence-electron chi connectivity index (χ3n) is 4.52. The quantitative estimate of drug-likeness (QED) is 0.776. The van der Waals surface area contributed by atoms with Gasteiger partial charge in [-0.25, -0.2) is 0 Å². The Bertz CT molecular complexity index is 593. The highest BCUT2D eigenvalue weighted by atomic mass is 16.5. The van der Waals surface area contributed by atoms with Gasteiger partial charge in [0.25, 0.3) is 0 Å². The van der Waals surface area contributed by atoms with Crippen LogP contribution in [0.1, 0.15) is 19.3 Å². The highest BCUT2D eigenvalue weighted by Gasteiger charge is 2.22. The van der Waals surface area contributed by atoms with Crippen molar-refractivity contribution in [3.05, 3.63) is 24.3 Å². The summed E-state index contributed by atoms with van der Waals surface area (Å²) >= 11 is 0. The summed E-state index contributed by atoms with van der Waals surface area (Å²) in [7, 11) is 3.44. The van der Waals surface area contributed by atoms with Crippen LogP contribution in [-0.4, -0.2) is 73.2 Å². The first-order valence-corrected chi connectivity index (χ1v) is 8.56. The van der Waals surface area contributed by atoms with E-state index in [1.165, 1.54) is 0 Å². The van der Waals surface area contributed by atoms with Gasteiger partial charge in [0.1, 0.15) is 5.75 Å². The monoisotopic (exact) mass is 349 g/mol. The fourth-order valence-electron chi connectivity index (χ4n) is 3.18. The molecule has 0 aliphatic carbocycles. The van der Waals surface area contributed by atoms with Gasteiger partial charge in [-0.1, -0.05) is 6.07 Å². The predicted octanol–water partition coefficient (Wildman–Crippen LogP) is 1.50. The molecule has 7 heteroatoms. The van der Waals surface area contributed by atoms with Crippen molar-refractivity contribution in [1.29, 1.82) is 0 Å². The van der Waals surface area contributed by atoms with Crippen LogP contribution in [-0.2, 0) is 9.59 Å². The van der Waals surface area contributed by atoms with Crippen LogP contribution in [0.2, 0.25) is 0 Å². The molecule has 1 aromatic carbocycles. The van der Waals surface area contributed by atoms with E-state index in [0.29, 0.717) is 12.3 Å². The fraction of sp³-hybridized carbons (Fsp3) is 0.556. The van der Waals surface area contributed by atoms with Crippen LogP contribution >= 0.6 is 0 Å². The lowest BCUT2D eigenvalue weighted by atomic mass is 10.1. The van der Waals surface area contributed by atoms with E-state index in [9.17, 15) is 9.59 Å². The number of hydrogen-bond donors (Lipinski definition) is 2. The standard InChI is InChI=1S/C18H27N3O4/c1-20(13-18(23)24)15-6-4-9-21(10-8-15)12-17(22)19-14-5-3-7-16(11-14)25-2/h3,5,7,11,15H,4,6,8-10,12-13H2,1-2H3,(H,19,22)(H,23,24). The van der Waals surface area contributed by atoms with Crippen LogP contribution in [0.5, 0.6) is 5.75 Å². The summed E-state index contributed by atoms with van der Waals surface area (Å²) in [5.41, 5.74) is 0.721. The Hall–Kier alpha value is -2.12. The van der Waals surface area contributed by atoms with Gasteiger partial charge < -0.3 is 15.2 Å². The summed E-state index contributed by atoms with van der Waals surface area (Å²) in [5.74, 6) is -0.149. The van der Waals surface area contributed by atoms with Crippen molar-refractivity contribution >= 4 is 17.6 Å². The molecule has 0 spiro atoms. The second kappa shape index (κ2) is 9.39. The molecule has 1 aliphatic heterocycles. The van der Waals surface area contributed by atoms with Gasteiger partial charge in [-0.2, -0.15) is 0 Å². The molecular formula is C18H27N3O4. The van der Waals surface area contributed by atoms with Gasteiger partial charge in [-0.15, -0.1) is 0 Å². The molecular weight excluding hydrogens is 322 g/mol. The topological polar surface area (TPSA) is 82.1 Å². The van der Waals surface area contributed by atoms with Crippen molar-refractivity contribution in [3.8, 4) is 5.75 Å². The highest BCUT2D eigenvalue weighted by molar-refractivity contribution is 5.92. The van der Waals surface area contributed by atoms with Gasteiger partial charge in [0.2, 0.25) is 5.91 Å². The smallest absolute Gasteiger partial charge is 0.317 e. The van der Waals surface area contributed by atoms with Crippen molar-refractivity contribution < 1.29 is 19.4 Å². The van der Waals surface area contributed by atoms with E-state index < -0.39 is 5.97 Å². The minimum Gasteiger partial charge on any atom is -0.497 e. The Kier molecular flexibility index (Phi) is 7.21. The maximum absolute atomic E-state index is 12.3. The molecule has 1 unspecified atom stereocenters. The van der Waals surface area contributed by atoms with Crippen LogP contribution in [0, 0.1) is 0 Å². The molecule has 0 bridgehead atoms. The maximum Gasteiger partial charge on any atom is 0.317 e. The number of hydrogen-bond acceptors (Lipinski definition) is 5. The molecule has 7 nitrogen and oxygen atoms in total. The zero-order chi connectivity index (χ0) is 18.2. The first-order valence-electron chi connectivity index (χ1n) is 8.56. The SMILES string of the molecule is COc1cccc(NC(=O)CN2CCCC(N(C)CC(=O)O)CC2)c1. The lowest BCUT2D eigenvalue weighted by molar-refractivity contribution is -0.138. The van der Waals surface area contributed by atoms with Gasteiger partial charge in [0.05, 0.1) is 20.2 Å². The Morgan fingerprint density at radius 1 is 1.36 bits per heavy atom. The molecule has 1 saturated heterocycles. The van der Waals surface area contributed by atoms with Gasteiger partial charge >= 0.3 is 5.97 Å². The molecule has 1 fully saturated rings. The lowest BCUT2D eigenvalue weighted by Gasteiger charge is -2.25. The lowest BCUT2D eigenvalue weighted by Crippen LogP contribution is -2.37. The number of likely N-dealkylation sites (tertiary alicyclic amines) is 1. The van der Waals surface area contributed by atoms with Crippen molar-refractivity contribution in [2.24, 2.45) is 0 Å². The van der Waals surface area contributed by atoms with Crippen LogP contribution in [0.3, 0.4) is 0 Å². The summed E-state index contributed by atoms with van der Waals surface area (Å²) in [4.78, 5) is 27.1. The van der Waals surface area contributed by atoms with E-state index in [2.05, 4.69) is 10.2 Å². The average molecular weight is 349 g/mol. The number of rotatable bonds is 7. The number of benzene rings is 1. The Morgan fingerprint density at radius 2 is 2.16 bits per heavy atom. The molecule has 2 rings (SSSR count). The van der Waals surface area contributed by atoms with Gasteiger partial charge in [0, 0.05) is 24.3 Å². The normalized spacial score (nSPS) is 18.6. The Morgan fingerprint density at radius 3 is 2.88 bits per heavy atom. The number of carboxylic acid groups (broad SMARTS) is 1. The number of amides is 1. The Balaban J connectivity index is 1.82. The van der Waals surface area contributed by atoms with Crippen LogP contribution in [0.15, 0.2) is 24.3 Å². The number of carbonyl (C=O) groups is 2. The summed E-state index contributed by atoms with van der Waals surface area (Å²) in [6.07, 6.45) is 2.79. The maximum atomic E-state index is 12.3. The number of nitrogens with zero attached hydrogens (tertiary/aromatic N) is 2. The molecule has 138 valence electrons. The summed E-state index contributed by atoms with van der Waals surface area (Å²) in [5, 5.41) is 11.8. The third kappa shape index (κ3) is 6.36. The van der Waals surface area contributed by atoms with E-state index in [1.54, 1.807) is 13.2 Å². The zero-order valence-corrected chi connectivity index (χ0v) is 14.9. The minimum absolute atomic E-state index is 0.0504. The molecule has 1 aliphatic rings. The first kappa shape index (κ1) is 19.2.